The molecule has 0 amide bonds. The van der Waals surface area contributed by atoms with E-state index in [0.29, 0.717) is 10.6 Å². The van der Waals surface area contributed by atoms with Crippen LogP contribution >= 0.6 is 11.6 Å². The molecule has 13 heavy (non-hydrogen) atoms. The van der Waals surface area contributed by atoms with Crippen LogP contribution in [0.2, 0.25) is 5.02 Å². The highest BCUT2D eigenvalue weighted by atomic mass is 35.5. The normalized spacial score (nSPS) is 13.3. The van der Waals surface area contributed by atoms with Crippen molar-refractivity contribution >= 4 is 11.6 Å². The van der Waals surface area contributed by atoms with Crippen molar-refractivity contribution in [3.05, 3.63) is 34.9 Å². The second kappa shape index (κ2) is 4.53. The summed E-state index contributed by atoms with van der Waals surface area (Å²) in [4.78, 5) is 0. The lowest BCUT2D eigenvalue weighted by Crippen LogP contribution is -2.19. The van der Waals surface area contributed by atoms with Crippen LogP contribution in [0.15, 0.2) is 24.3 Å². The zero-order valence-electron chi connectivity index (χ0n) is 6.88. The lowest BCUT2D eigenvalue weighted by atomic mass is 10.00. The molecule has 72 valence electrons. The second-order valence-electron chi connectivity index (χ2n) is 2.70. The average Bonchev–Trinajstić information content (AvgIpc) is 2.09. The molecule has 0 aliphatic carbocycles. The van der Waals surface area contributed by atoms with Crippen molar-refractivity contribution in [3.63, 3.8) is 0 Å². The number of alkyl halides is 2. The molecule has 1 aromatic carbocycles. The summed E-state index contributed by atoms with van der Waals surface area (Å²) in [6, 6.07) is 6.53. The highest BCUT2D eigenvalue weighted by molar-refractivity contribution is 6.31. The Hall–Kier alpha value is -0.670. The summed E-state index contributed by atoms with van der Waals surface area (Å²) in [6.07, 6.45) is -2.47. The van der Waals surface area contributed by atoms with Gasteiger partial charge in [0.05, 0.1) is 5.92 Å². The molecule has 1 atom stereocenters. The van der Waals surface area contributed by atoms with Crippen LogP contribution < -0.4 is 5.73 Å². The average molecular weight is 206 g/mol. The third-order valence-electron chi connectivity index (χ3n) is 1.86. The number of halogens is 3. The minimum absolute atomic E-state index is 0.0958. The van der Waals surface area contributed by atoms with E-state index >= 15 is 0 Å². The number of hydrogen-bond donors (Lipinski definition) is 1. The van der Waals surface area contributed by atoms with Crippen molar-refractivity contribution in [1.29, 1.82) is 0 Å². The third-order valence-corrected chi connectivity index (χ3v) is 2.21. The maximum atomic E-state index is 12.4. The molecule has 0 bridgehead atoms. The van der Waals surface area contributed by atoms with E-state index in [1.807, 2.05) is 0 Å². The minimum atomic E-state index is -2.47. The molecule has 0 saturated carbocycles. The van der Waals surface area contributed by atoms with Gasteiger partial charge in [-0.25, -0.2) is 8.78 Å². The largest absolute Gasteiger partial charge is 0.330 e. The van der Waals surface area contributed by atoms with Gasteiger partial charge in [-0.05, 0) is 11.6 Å². The van der Waals surface area contributed by atoms with E-state index < -0.39 is 12.3 Å². The Morgan fingerprint density at radius 1 is 1.31 bits per heavy atom. The van der Waals surface area contributed by atoms with Crippen molar-refractivity contribution < 1.29 is 8.78 Å². The molecule has 0 heterocycles. The first-order valence-electron chi connectivity index (χ1n) is 3.89. The Morgan fingerprint density at radius 3 is 2.38 bits per heavy atom. The highest BCUT2D eigenvalue weighted by Gasteiger charge is 2.22. The molecule has 2 N–H and O–H groups in total. The van der Waals surface area contributed by atoms with E-state index in [1.54, 1.807) is 24.3 Å². The monoisotopic (exact) mass is 205 g/mol. The van der Waals surface area contributed by atoms with E-state index in [2.05, 4.69) is 0 Å². The molecule has 0 aliphatic rings. The maximum absolute atomic E-state index is 12.4. The summed E-state index contributed by atoms with van der Waals surface area (Å²) < 4.78 is 24.9. The molecule has 4 heteroatoms. The molecule has 1 aromatic rings. The molecule has 0 aliphatic heterocycles. The van der Waals surface area contributed by atoms with Crippen molar-refractivity contribution in [1.82, 2.24) is 0 Å². The molecule has 0 radical (unpaired) electrons. The first kappa shape index (κ1) is 10.4. The lowest BCUT2D eigenvalue weighted by molar-refractivity contribution is 0.117. The summed E-state index contributed by atoms with van der Waals surface area (Å²) in [5.41, 5.74) is 5.65. The zero-order chi connectivity index (χ0) is 9.84. The van der Waals surface area contributed by atoms with Crippen LogP contribution in [-0.2, 0) is 0 Å². The SMILES string of the molecule is NCC(c1ccccc1Cl)C(F)F. The van der Waals surface area contributed by atoms with Gasteiger partial charge in [0.1, 0.15) is 0 Å². The predicted molar refractivity (Wildman–Crippen MR) is 49.3 cm³/mol. The number of hydrogen-bond acceptors (Lipinski definition) is 1. The Morgan fingerprint density at radius 2 is 1.92 bits per heavy atom. The van der Waals surface area contributed by atoms with Crippen molar-refractivity contribution in [2.45, 2.75) is 12.3 Å². The van der Waals surface area contributed by atoms with E-state index in [4.69, 9.17) is 17.3 Å². The minimum Gasteiger partial charge on any atom is -0.330 e. The number of benzene rings is 1. The van der Waals surface area contributed by atoms with Crippen LogP contribution in [-0.4, -0.2) is 13.0 Å². The van der Waals surface area contributed by atoms with Gasteiger partial charge in [0.15, 0.2) is 0 Å². The molecule has 0 saturated heterocycles. The van der Waals surface area contributed by atoms with Gasteiger partial charge in [-0.1, -0.05) is 29.8 Å². The molecule has 1 rings (SSSR count). The van der Waals surface area contributed by atoms with E-state index in [1.165, 1.54) is 0 Å². The van der Waals surface area contributed by atoms with Crippen LogP contribution in [0.25, 0.3) is 0 Å². The van der Waals surface area contributed by atoms with Gasteiger partial charge < -0.3 is 5.73 Å². The summed E-state index contributed by atoms with van der Waals surface area (Å²) in [5, 5.41) is 0.346. The van der Waals surface area contributed by atoms with Crippen LogP contribution in [0.3, 0.4) is 0 Å². The smallest absolute Gasteiger partial charge is 0.246 e. The van der Waals surface area contributed by atoms with Gasteiger partial charge in [-0.2, -0.15) is 0 Å². The Balaban J connectivity index is 2.97. The topological polar surface area (TPSA) is 26.0 Å². The third kappa shape index (κ3) is 2.39. The first-order valence-corrected chi connectivity index (χ1v) is 4.27. The molecule has 1 nitrogen and oxygen atoms in total. The van der Waals surface area contributed by atoms with Crippen molar-refractivity contribution in [2.24, 2.45) is 5.73 Å². The van der Waals surface area contributed by atoms with Crippen LogP contribution in [0.5, 0.6) is 0 Å². The van der Waals surface area contributed by atoms with Crippen LogP contribution in [0, 0.1) is 0 Å². The maximum Gasteiger partial charge on any atom is 0.246 e. The zero-order valence-corrected chi connectivity index (χ0v) is 7.64. The van der Waals surface area contributed by atoms with Crippen molar-refractivity contribution in [2.75, 3.05) is 6.54 Å². The Bertz CT molecular complexity index is 278. The lowest BCUT2D eigenvalue weighted by Gasteiger charge is -2.14. The molecule has 0 aromatic heterocycles. The first-order chi connectivity index (χ1) is 6.16. The van der Waals surface area contributed by atoms with Crippen LogP contribution in [0.4, 0.5) is 8.78 Å². The van der Waals surface area contributed by atoms with Gasteiger partial charge in [-0.15, -0.1) is 0 Å². The van der Waals surface area contributed by atoms with Gasteiger partial charge in [-0.3, -0.25) is 0 Å². The Labute approximate surface area is 80.5 Å². The molecular weight excluding hydrogens is 196 g/mol. The number of nitrogens with two attached hydrogens (primary N) is 1. The summed E-state index contributed by atoms with van der Waals surface area (Å²) in [7, 11) is 0. The predicted octanol–water partition coefficient (Wildman–Crippen LogP) is 2.65. The van der Waals surface area contributed by atoms with E-state index in [9.17, 15) is 8.78 Å². The van der Waals surface area contributed by atoms with E-state index in [0.717, 1.165) is 0 Å². The fraction of sp³-hybridized carbons (Fsp3) is 0.333. The fourth-order valence-corrected chi connectivity index (χ4v) is 1.42. The molecular formula is C9H10ClF2N. The van der Waals surface area contributed by atoms with Crippen LogP contribution in [0.1, 0.15) is 11.5 Å². The standard InChI is InChI=1S/C9H10ClF2N/c10-8-4-2-1-3-6(8)7(5-13)9(11)12/h1-4,7,9H,5,13H2. The summed E-state index contributed by atoms with van der Waals surface area (Å²) in [5.74, 6) is -0.964. The molecule has 0 spiro atoms. The molecule has 1 unspecified atom stereocenters. The fourth-order valence-electron chi connectivity index (χ4n) is 1.14. The Kier molecular flexibility index (Phi) is 3.63. The summed E-state index contributed by atoms with van der Waals surface area (Å²) in [6.45, 7) is -0.0958. The number of rotatable bonds is 3. The quantitative estimate of drug-likeness (QED) is 0.807. The summed E-state index contributed by atoms with van der Waals surface area (Å²) >= 11 is 5.75. The van der Waals surface area contributed by atoms with Gasteiger partial charge >= 0.3 is 0 Å². The second-order valence-corrected chi connectivity index (χ2v) is 3.11. The van der Waals surface area contributed by atoms with Gasteiger partial charge in [0, 0.05) is 11.6 Å². The van der Waals surface area contributed by atoms with Crippen molar-refractivity contribution in [3.8, 4) is 0 Å². The highest BCUT2D eigenvalue weighted by Crippen LogP contribution is 2.28. The van der Waals surface area contributed by atoms with Gasteiger partial charge in [0.2, 0.25) is 6.43 Å². The van der Waals surface area contributed by atoms with E-state index in [-0.39, 0.29) is 6.54 Å². The van der Waals surface area contributed by atoms with Gasteiger partial charge in [0.25, 0.3) is 0 Å². The molecule has 0 fully saturated rings.